The van der Waals surface area contributed by atoms with E-state index in [1.165, 1.54) is 17.0 Å². The van der Waals surface area contributed by atoms with Crippen molar-refractivity contribution in [1.82, 2.24) is 10.2 Å². The van der Waals surface area contributed by atoms with Crippen LogP contribution in [0.5, 0.6) is 0 Å². The average molecular weight is 351 g/mol. The van der Waals surface area contributed by atoms with E-state index >= 15 is 0 Å². The van der Waals surface area contributed by atoms with Gasteiger partial charge in [-0.1, -0.05) is 6.92 Å². The SMILES string of the molecule is Cc1cc(F)ccc1N1CCCC(NC(=O)N(C)CC(C)C(=O)O)C1. The number of urea groups is 1. The number of nitrogens with zero attached hydrogens (tertiary/aromatic N) is 2. The van der Waals surface area contributed by atoms with Crippen molar-refractivity contribution < 1.29 is 19.1 Å². The van der Waals surface area contributed by atoms with Crippen LogP contribution < -0.4 is 10.2 Å². The maximum atomic E-state index is 13.3. The number of aryl methyl sites for hydroxylation is 1. The van der Waals surface area contributed by atoms with Gasteiger partial charge in [-0.3, -0.25) is 4.79 Å². The lowest BCUT2D eigenvalue weighted by atomic mass is 10.0. The van der Waals surface area contributed by atoms with Crippen molar-refractivity contribution >= 4 is 17.7 Å². The van der Waals surface area contributed by atoms with E-state index in [2.05, 4.69) is 10.2 Å². The molecule has 1 aliphatic rings. The van der Waals surface area contributed by atoms with E-state index < -0.39 is 11.9 Å². The van der Waals surface area contributed by atoms with Crippen LogP contribution in [0.2, 0.25) is 0 Å². The van der Waals surface area contributed by atoms with Crippen LogP contribution in [0.1, 0.15) is 25.3 Å². The molecule has 0 saturated carbocycles. The first kappa shape index (κ1) is 19.0. The fraction of sp³-hybridized carbons (Fsp3) is 0.556. The molecule has 1 heterocycles. The van der Waals surface area contributed by atoms with Gasteiger partial charge < -0.3 is 20.2 Å². The molecule has 2 rings (SSSR count). The molecular formula is C18H26FN3O3. The van der Waals surface area contributed by atoms with Crippen LogP contribution in [-0.2, 0) is 4.79 Å². The Hall–Kier alpha value is -2.31. The number of carbonyl (C=O) groups is 2. The number of benzene rings is 1. The van der Waals surface area contributed by atoms with E-state index in [1.54, 1.807) is 20.0 Å². The summed E-state index contributed by atoms with van der Waals surface area (Å²) in [5, 5.41) is 11.9. The van der Waals surface area contributed by atoms with Crippen molar-refractivity contribution in [3.63, 3.8) is 0 Å². The summed E-state index contributed by atoms with van der Waals surface area (Å²) in [7, 11) is 1.60. The molecule has 0 aromatic heterocycles. The highest BCUT2D eigenvalue weighted by Gasteiger charge is 2.25. The number of anilines is 1. The molecule has 6 nitrogen and oxygen atoms in total. The van der Waals surface area contributed by atoms with Gasteiger partial charge in [0.1, 0.15) is 5.82 Å². The Kier molecular flexibility index (Phi) is 6.22. The van der Waals surface area contributed by atoms with Crippen molar-refractivity contribution in [2.45, 2.75) is 32.7 Å². The van der Waals surface area contributed by atoms with Gasteiger partial charge in [0.2, 0.25) is 0 Å². The Balaban J connectivity index is 1.94. The van der Waals surface area contributed by atoms with Gasteiger partial charge in [0.05, 0.1) is 5.92 Å². The zero-order valence-corrected chi connectivity index (χ0v) is 15.0. The minimum atomic E-state index is -0.921. The van der Waals surface area contributed by atoms with Crippen molar-refractivity contribution in [3.05, 3.63) is 29.6 Å². The monoisotopic (exact) mass is 351 g/mol. The molecule has 1 aliphatic heterocycles. The van der Waals surface area contributed by atoms with Crippen LogP contribution in [0.3, 0.4) is 0 Å². The lowest BCUT2D eigenvalue weighted by Gasteiger charge is -2.36. The molecule has 0 spiro atoms. The number of rotatable bonds is 5. The van der Waals surface area contributed by atoms with Crippen LogP contribution in [0.15, 0.2) is 18.2 Å². The number of carboxylic acid groups (broad SMARTS) is 1. The molecule has 0 aliphatic carbocycles. The molecule has 2 amide bonds. The van der Waals surface area contributed by atoms with Crippen LogP contribution in [0, 0.1) is 18.7 Å². The maximum absolute atomic E-state index is 13.3. The van der Waals surface area contributed by atoms with E-state index in [-0.39, 0.29) is 24.4 Å². The number of carbonyl (C=O) groups excluding carboxylic acids is 1. The molecule has 1 fully saturated rings. The second kappa shape index (κ2) is 8.18. The first-order valence-electron chi connectivity index (χ1n) is 8.53. The second-order valence-electron chi connectivity index (χ2n) is 6.79. The third-order valence-corrected chi connectivity index (χ3v) is 4.56. The first-order chi connectivity index (χ1) is 11.8. The molecule has 0 radical (unpaired) electrons. The number of halogens is 1. The van der Waals surface area contributed by atoms with Crippen LogP contribution in [0.4, 0.5) is 14.9 Å². The molecular weight excluding hydrogens is 325 g/mol. The molecule has 2 N–H and O–H groups in total. The molecule has 1 saturated heterocycles. The fourth-order valence-corrected chi connectivity index (χ4v) is 3.14. The van der Waals surface area contributed by atoms with Gasteiger partial charge >= 0.3 is 12.0 Å². The molecule has 2 unspecified atom stereocenters. The summed E-state index contributed by atoms with van der Waals surface area (Å²) >= 11 is 0. The summed E-state index contributed by atoms with van der Waals surface area (Å²) in [6.45, 7) is 5.13. The minimum absolute atomic E-state index is 0.0201. The zero-order valence-electron chi connectivity index (χ0n) is 15.0. The Morgan fingerprint density at radius 3 is 2.84 bits per heavy atom. The number of hydrogen-bond acceptors (Lipinski definition) is 3. The minimum Gasteiger partial charge on any atom is -0.481 e. The van der Waals surface area contributed by atoms with E-state index in [4.69, 9.17) is 5.11 Å². The summed E-state index contributed by atoms with van der Waals surface area (Å²) in [6, 6.07) is 4.45. The summed E-state index contributed by atoms with van der Waals surface area (Å²) in [5.41, 5.74) is 1.85. The molecule has 138 valence electrons. The van der Waals surface area contributed by atoms with Crippen molar-refractivity contribution in [2.24, 2.45) is 5.92 Å². The quantitative estimate of drug-likeness (QED) is 0.855. The highest BCUT2D eigenvalue weighted by atomic mass is 19.1. The van der Waals surface area contributed by atoms with E-state index in [1.807, 2.05) is 6.92 Å². The highest BCUT2D eigenvalue weighted by Crippen LogP contribution is 2.24. The standard InChI is InChI=1S/C18H26FN3O3/c1-12-9-14(19)6-7-16(12)22-8-4-5-15(11-22)20-18(25)21(3)10-13(2)17(23)24/h6-7,9,13,15H,4-5,8,10-11H2,1-3H3,(H,20,25)(H,23,24). The smallest absolute Gasteiger partial charge is 0.317 e. The number of hydrogen-bond donors (Lipinski definition) is 2. The first-order valence-corrected chi connectivity index (χ1v) is 8.53. The summed E-state index contributed by atoms with van der Waals surface area (Å²) in [4.78, 5) is 26.7. The van der Waals surface area contributed by atoms with Crippen LogP contribution >= 0.6 is 0 Å². The van der Waals surface area contributed by atoms with Gasteiger partial charge in [0.15, 0.2) is 0 Å². The predicted molar refractivity (Wildman–Crippen MR) is 94.3 cm³/mol. The molecule has 25 heavy (non-hydrogen) atoms. The Bertz CT molecular complexity index is 638. The number of nitrogens with one attached hydrogen (secondary N) is 1. The van der Waals surface area contributed by atoms with E-state index in [0.717, 1.165) is 30.6 Å². The summed E-state index contributed by atoms with van der Waals surface area (Å²) in [6.07, 6.45) is 1.79. The van der Waals surface area contributed by atoms with E-state index in [9.17, 15) is 14.0 Å². The van der Waals surface area contributed by atoms with Gasteiger partial charge in [-0.15, -0.1) is 0 Å². The van der Waals surface area contributed by atoms with Gasteiger partial charge in [0.25, 0.3) is 0 Å². The van der Waals surface area contributed by atoms with Crippen LogP contribution in [-0.4, -0.2) is 54.7 Å². The largest absolute Gasteiger partial charge is 0.481 e. The number of piperidine rings is 1. The second-order valence-corrected chi connectivity index (χ2v) is 6.79. The molecule has 1 aromatic carbocycles. The molecule has 7 heteroatoms. The van der Waals surface area contributed by atoms with Crippen LogP contribution in [0.25, 0.3) is 0 Å². The Morgan fingerprint density at radius 2 is 2.20 bits per heavy atom. The number of amides is 2. The number of carboxylic acids is 1. The molecule has 2 atom stereocenters. The third kappa shape index (κ3) is 5.08. The zero-order chi connectivity index (χ0) is 18.6. The normalized spacial score (nSPS) is 18.6. The lowest BCUT2D eigenvalue weighted by molar-refractivity contribution is -0.141. The molecule has 1 aromatic rings. The summed E-state index contributed by atoms with van der Waals surface area (Å²) < 4.78 is 13.3. The third-order valence-electron chi connectivity index (χ3n) is 4.56. The predicted octanol–water partition coefficient (Wildman–Crippen LogP) is 2.47. The van der Waals surface area contributed by atoms with Gasteiger partial charge in [0, 0.05) is 38.4 Å². The molecule has 0 bridgehead atoms. The van der Waals surface area contributed by atoms with Gasteiger partial charge in [-0.05, 0) is 43.5 Å². The maximum Gasteiger partial charge on any atom is 0.317 e. The van der Waals surface area contributed by atoms with Crippen molar-refractivity contribution in [2.75, 3.05) is 31.6 Å². The van der Waals surface area contributed by atoms with Gasteiger partial charge in [-0.25, -0.2) is 9.18 Å². The van der Waals surface area contributed by atoms with Crippen molar-refractivity contribution in [3.8, 4) is 0 Å². The average Bonchev–Trinajstić information content (AvgIpc) is 2.54. The topological polar surface area (TPSA) is 72.9 Å². The highest BCUT2D eigenvalue weighted by molar-refractivity contribution is 5.76. The number of aliphatic carboxylic acids is 1. The van der Waals surface area contributed by atoms with Crippen molar-refractivity contribution in [1.29, 1.82) is 0 Å². The lowest BCUT2D eigenvalue weighted by Crippen LogP contribution is -2.51. The summed E-state index contributed by atoms with van der Waals surface area (Å²) in [5.74, 6) is -1.78. The van der Waals surface area contributed by atoms with E-state index in [0.29, 0.717) is 6.54 Å². The van der Waals surface area contributed by atoms with Gasteiger partial charge in [-0.2, -0.15) is 0 Å². The fourth-order valence-electron chi connectivity index (χ4n) is 3.14. The Morgan fingerprint density at radius 1 is 1.48 bits per heavy atom. The Labute approximate surface area is 147 Å².